The van der Waals surface area contributed by atoms with E-state index in [1.165, 1.54) is 3.97 Å². The molecule has 0 atom stereocenters. The van der Waals surface area contributed by atoms with Crippen LogP contribution in [0.5, 0.6) is 5.75 Å². The molecule has 1 aromatic heterocycles. The molecule has 28 heavy (non-hydrogen) atoms. The van der Waals surface area contributed by atoms with Gasteiger partial charge in [0.1, 0.15) is 5.75 Å². The van der Waals surface area contributed by atoms with Crippen molar-refractivity contribution in [3.8, 4) is 5.75 Å². The molecule has 6 nitrogen and oxygen atoms in total. The summed E-state index contributed by atoms with van der Waals surface area (Å²) in [6.07, 6.45) is 1.71. The number of aromatic nitrogens is 1. The third kappa shape index (κ3) is 3.34. The molecule has 0 amide bonds. The minimum Gasteiger partial charge on any atom is -0.497 e. The number of methoxy groups -OCH3 is 1. The summed E-state index contributed by atoms with van der Waals surface area (Å²) in [5, 5.41) is 1.38. The molecule has 3 aromatic rings. The molecule has 1 aliphatic rings. The van der Waals surface area contributed by atoms with Gasteiger partial charge < -0.3 is 14.5 Å². The number of benzene rings is 2. The Labute approximate surface area is 169 Å². The van der Waals surface area contributed by atoms with Crippen LogP contribution in [0.15, 0.2) is 53.6 Å². The Hall–Kier alpha value is -2.22. The van der Waals surface area contributed by atoms with Crippen LogP contribution in [-0.2, 0) is 10.0 Å². The van der Waals surface area contributed by atoms with Crippen molar-refractivity contribution in [1.29, 1.82) is 0 Å². The van der Waals surface area contributed by atoms with Crippen LogP contribution in [0, 0.1) is 0 Å². The summed E-state index contributed by atoms with van der Waals surface area (Å²) in [5.41, 5.74) is 1.49. The van der Waals surface area contributed by atoms with Crippen molar-refractivity contribution < 1.29 is 13.2 Å². The van der Waals surface area contributed by atoms with E-state index in [1.807, 2.05) is 6.07 Å². The fraction of sp³-hybridized carbons (Fsp3) is 0.300. The molecule has 0 bridgehead atoms. The van der Waals surface area contributed by atoms with Crippen LogP contribution >= 0.6 is 11.6 Å². The van der Waals surface area contributed by atoms with Crippen LogP contribution in [0.4, 0.5) is 5.69 Å². The van der Waals surface area contributed by atoms with Crippen LogP contribution in [0.3, 0.4) is 0 Å². The topological polar surface area (TPSA) is 54.8 Å². The standard InChI is InChI=1S/C20H22ClN3O3S/c1-22-9-11-23(12-10-22)20-14-24(19-13-15(21)3-8-18(19)20)28(25,26)17-6-4-16(27-2)5-7-17/h3-8,13-14H,9-12H2,1-2H3. The number of likely N-dealkylation sites (N-methyl/N-ethyl adjacent to an activating group) is 1. The second-order valence-corrected chi connectivity index (χ2v) is 9.19. The molecule has 148 valence electrons. The van der Waals surface area contributed by atoms with Gasteiger partial charge in [0.05, 0.1) is 23.2 Å². The highest BCUT2D eigenvalue weighted by Crippen LogP contribution is 2.34. The van der Waals surface area contributed by atoms with Gasteiger partial charge in [0.15, 0.2) is 0 Å². The summed E-state index contributed by atoms with van der Waals surface area (Å²) in [7, 11) is -0.130. The molecule has 4 rings (SSSR count). The largest absolute Gasteiger partial charge is 0.497 e. The Morgan fingerprint density at radius 3 is 2.32 bits per heavy atom. The van der Waals surface area contributed by atoms with E-state index in [0.717, 1.165) is 37.3 Å². The first-order valence-electron chi connectivity index (χ1n) is 9.04. The van der Waals surface area contributed by atoms with Crippen LogP contribution in [0.1, 0.15) is 0 Å². The predicted molar refractivity (Wildman–Crippen MR) is 112 cm³/mol. The van der Waals surface area contributed by atoms with Gasteiger partial charge in [-0.15, -0.1) is 0 Å². The first kappa shape index (κ1) is 19.1. The Morgan fingerprint density at radius 2 is 1.68 bits per heavy atom. The minimum absolute atomic E-state index is 0.204. The molecule has 2 heterocycles. The molecule has 8 heteroatoms. The summed E-state index contributed by atoms with van der Waals surface area (Å²) >= 11 is 6.20. The molecular formula is C20H22ClN3O3S. The highest BCUT2D eigenvalue weighted by atomic mass is 35.5. The molecule has 1 aliphatic heterocycles. The normalized spacial score (nSPS) is 15.9. The lowest BCUT2D eigenvalue weighted by atomic mass is 10.2. The number of fused-ring (bicyclic) bond motifs is 1. The van der Waals surface area contributed by atoms with Crippen molar-refractivity contribution in [2.75, 3.05) is 45.2 Å². The van der Waals surface area contributed by atoms with Crippen molar-refractivity contribution >= 4 is 38.2 Å². The Kier molecular flexibility index (Phi) is 4.99. The Morgan fingerprint density at radius 1 is 1.00 bits per heavy atom. The number of halogens is 1. The first-order chi connectivity index (χ1) is 13.4. The molecule has 0 radical (unpaired) electrons. The van der Waals surface area contributed by atoms with E-state index in [4.69, 9.17) is 16.3 Å². The second kappa shape index (κ2) is 7.31. The number of hydrogen-bond donors (Lipinski definition) is 0. The van der Waals surface area contributed by atoms with Crippen molar-refractivity contribution in [2.24, 2.45) is 0 Å². The first-order valence-corrected chi connectivity index (χ1v) is 10.9. The van der Waals surface area contributed by atoms with Crippen molar-refractivity contribution in [1.82, 2.24) is 8.87 Å². The number of nitrogens with zero attached hydrogens (tertiary/aromatic N) is 3. The smallest absolute Gasteiger partial charge is 0.268 e. The van der Waals surface area contributed by atoms with E-state index in [-0.39, 0.29) is 4.90 Å². The summed E-state index contributed by atoms with van der Waals surface area (Å²) in [4.78, 5) is 4.70. The lowest BCUT2D eigenvalue weighted by Crippen LogP contribution is -2.44. The zero-order valence-electron chi connectivity index (χ0n) is 15.8. The zero-order valence-corrected chi connectivity index (χ0v) is 17.4. The van der Waals surface area contributed by atoms with E-state index < -0.39 is 10.0 Å². The third-order valence-electron chi connectivity index (χ3n) is 5.17. The van der Waals surface area contributed by atoms with Gasteiger partial charge >= 0.3 is 0 Å². The molecule has 0 spiro atoms. The monoisotopic (exact) mass is 419 g/mol. The molecular weight excluding hydrogens is 398 g/mol. The Balaban J connectivity index is 1.85. The average molecular weight is 420 g/mol. The summed E-state index contributed by atoms with van der Waals surface area (Å²) in [5.74, 6) is 0.609. The van der Waals surface area contributed by atoms with Gasteiger partial charge in [-0.05, 0) is 49.5 Å². The van der Waals surface area contributed by atoms with E-state index in [0.29, 0.717) is 16.3 Å². The predicted octanol–water partition coefficient (Wildman–Crippen LogP) is 3.29. The zero-order chi connectivity index (χ0) is 19.9. The van der Waals surface area contributed by atoms with E-state index in [9.17, 15) is 8.42 Å². The van der Waals surface area contributed by atoms with Gasteiger partial charge in [0.25, 0.3) is 10.0 Å². The lowest BCUT2D eigenvalue weighted by Gasteiger charge is -2.33. The third-order valence-corrected chi connectivity index (χ3v) is 7.10. The number of piperazine rings is 1. The van der Waals surface area contributed by atoms with Crippen LogP contribution in [0.2, 0.25) is 5.02 Å². The van der Waals surface area contributed by atoms with E-state index in [1.54, 1.807) is 49.7 Å². The lowest BCUT2D eigenvalue weighted by molar-refractivity contribution is 0.313. The van der Waals surface area contributed by atoms with E-state index in [2.05, 4.69) is 16.8 Å². The summed E-state index contributed by atoms with van der Waals surface area (Å²) < 4.78 is 33.2. The number of anilines is 1. The highest BCUT2D eigenvalue weighted by molar-refractivity contribution is 7.90. The maximum absolute atomic E-state index is 13.4. The maximum Gasteiger partial charge on any atom is 0.268 e. The van der Waals surface area contributed by atoms with Gasteiger partial charge in [-0.2, -0.15) is 0 Å². The van der Waals surface area contributed by atoms with Crippen LogP contribution in [0.25, 0.3) is 10.9 Å². The number of rotatable bonds is 4. The maximum atomic E-state index is 13.4. The molecule has 0 N–H and O–H groups in total. The molecule has 1 fully saturated rings. The molecule has 0 unspecified atom stereocenters. The highest BCUT2D eigenvalue weighted by Gasteiger charge is 2.25. The second-order valence-electron chi connectivity index (χ2n) is 6.94. The summed E-state index contributed by atoms with van der Waals surface area (Å²) in [6, 6.07) is 11.8. The van der Waals surface area contributed by atoms with Gasteiger partial charge in [0.2, 0.25) is 0 Å². The van der Waals surface area contributed by atoms with Gasteiger partial charge in [-0.1, -0.05) is 11.6 Å². The van der Waals surface area contributed by atoms with Crippen molar-refractivity contribution in [3.63, 3.8) is 0 Å². The fourth-order valence-corrected chi connectivity index (χ4v) is 5.04. The van der Waals surface area contributed by atoms with Gasteiger partial charge in [0, 0.05) is 42.8 Å². The van der Waals surface area contributed by atoms with Gasteiger partial charge in [-0.3, -0.25) is 0 Å². The fourth-order valence-electron chi connectivity index (χ4n) is 3.51. The molecule has 2 aromatic carbocycles. The van der Waals surface area contributed by atoms with E-state index >= 15 is 0 Å². The minimum atomic E-state index is -3.77. The molecule has 1 saturated heterocycles. The average Bonchev–Trinajstić information content (AvgIpc) is 3.08. The van der Waals surface area contributed by atoms with Crippen LogP contribution < -0.4 is 9.64 Å². The number of hydrogen-bond acceptors (Lipinski definition) is 5. The quantitative estimate of drug-likeness (QED) is 0.649. The van der Waals surface area contributed by atoms with Gasteiger partial charge in [-0.25, -0.2) is 12.4 Å². The Bertz CT molecular complexity index is 1100. The van der Waals surface area contributed by atoms with Crippen molar-refractivity contribution in [3.05, 3.63) is 53.7 Å². The molecule has 0 aliphatic carbocycles. The SMILES string of the molecule is COc1ccc(S(=O)(=O)n2cc(N3CCN(C)CC3)c3ccc(Cl)cc32)cc1. The summed E-state index contributed by atoms with van der Waals surface area (Å²) in [6.45, 7) is 3.57. The van der Waals surface area contributed by atoms with Crippen LogP contribution in [-0.4, -0.2) is 57.6 Å². The van der Waals surface area contributed by atoms with Crippen molar-refractivity contribution in [2.45, 2.75) is 4.90 Å². The molecule has 0 saturated carbocycles. The number of ether oxygens (including phenoxy) is 1.